The third-order valence-electron chi connectivity index (χ3n) is 4.44. The second-order valence-corrected chi connectivity index (χ2v) is 6.10. The van der Waals surface area contributed by atoms with E-state index in [1.807, 2.05) is 0 Å². The standard InChI is InChI=1S/C15H23N3O3/c1-10(2)17-7-5-13-12(9-17)16-14(21-13)15(19)18-6-4-11(8-18)20-3/h10-11H,4-9H2,1-3H3/t11-/m1/s1. The molecule has 1 aromatic heterocycles. The molecule has 1 atom stereocenters. The molecule has 21 heavy (non-hydrogen) atoms. The van der Waals surface area contributed by atoms with E-state index in [-0.39, 0.29) is 17.9 Å². The van der Waals surface area contributed by atoms with E-state index in [1.54, 1.807) is 12.0 Å². The number of rotatable bonds is 3. The molecule has 3 heterocycles. The molecule has 116 valence electrons. The monoisotopic (exact) mass is 293 g/mol. The molecule has 0 radical (unpaired) electrons. The average molecular weight is 293 g/mol. The second-order valence-electron chi connectivity index (χ2n) is 6.10. The summed E-state index contributed by atoms with van der Waals surface area (Å²) in [7, 11) is 1.68. The molecular formula is C15H23N3O3. The van der Waals surface area contributed by atoms with Crippen LogP contribution < -0.4 is 0 Å². The fourth-order valence-electron chi connectivity index (χ4n) is 2.99. The van der Waals surface area contributed by atoms with Crippen LogP contribution in [0.2, 0.25) is 0 Å². The van der Waals surface area contributed by atoms with Crippen LogP contribution in [0.1, 0.15) is 42.4 Å². The fourth-order valence-corrected chi connectivity index (χ4v) is 2.99. The molecule has 0 aromatic carbocycles. The van der Waals surface area contributed by atoms with Gasteiger partial charge in [-0.3, -0.25) is 9.69 Å². The first-order valence-corrected chi connectivity index (χ1v) is 7.63. The van der Waals surface area contributed by atoms with Crippen LogP contribution in [0.15, 0.2) is 4.42 Å². The quantitative estimate of drug-likeness (QED) is 0.841. The molecule has 0 bridgehead atoms. The number of amides is 1. The van der Waals surface area contributed by atoms with Crippen LogP contribution in [0.3, 0.4) is 0 Å². The SMILES string of the molecule is CO[C@@H]1CCN(C(=O)c2nc3c(o2)CCN(C(C)C)C3)C1. The number of carbonyl (C=O) groups excluding carboxylic acids is 1. The maximum absolute atomic E-state index is 12.4. The van der Waals surface area contributed by atoms with E-state index in [4.69, 9.17) is 9.15 Å². The third-order valence-corrected chi connectivity index (χ3v) is 4.44. The lowest BCUT2D eigenvalue weighted by atomic mass is 10.1. The Morgan fingerprint density at radius 3 is 2.90 bits per heavy atom. The van der Waals surface area contributed by atoms with Crippen molar-refractivity contribution in [3.8, 4) is 0 Å². The summed E-state index contributed by atoms with van der Waals surface area (Å²) in [4.78, 5) is 21.0. The van der Waals surface area contributed by atoms with Crippen molar-refractivity contribution in [2.75, 3.05) is 26.7 Å². The van der Waals surface area contributed by atoms with Gasteiger partial charge in [-0.25, -0.2) is 4.98 Å². The highest BCUT2D eigenvalue weighted by molar-refractivity contribution is 5.90. The molecule has 1 saturated heterocycles. The number of aromatic nitrogens is 1. The molecule has 6 nitrogen and oxygen atoms in total. The van der Waals surface area contributed by atoms with Crippen molar-refractivity contribution in [2.24, 2.45) is 0 Å². The zero-order valence-corrected chi connectivity index (χ0v) is 13.0. The number of nitrogens with zero attached hydrogens (tertiary/aromatic N) is 3. The van der Waals surface area contributed by atoms with E-state index in [1.165, 1.54) is 0 Å². The minimum absolute atomic E-state index is 0.111. The van der Waals surface area contributed by atoms with Gasteiger partial charge in [0.1, 0.15) is 5.76 Å². The Balaban J connectivity index is 1.72. The number of oxazole rings is 1. The van der Waals surface area contributed by atoms with E-state index in [9.17, 15) is 4.79 Å². The number of methoxy groups -OCH3 is 1. The summed E-state index contributed by atoms with van der Waals surface area (Å²) in [6.07, 6.45) is 1.84. The van der Waals surface area contributed by atoms with Gasteiger partial charge in [0.2, 0.25) is 0 Å². The van der Waals surface area contributed by atoms with Crippen LogP contribution in [-0.4, -0.2) is 59.6 Å². The van der Waals surface area contributed by atoms with Gasteiger partial charge in [0.25, 0.3) is 5.89 Å². The van der Waals surface area contributed by atoms with Crippen molar-refractivity contribution < 1.29 is 13.9 Å². The van der Waals surface area contributed by atoms with Gasteiger partial charge in [0.05, 0.1) is 11.8 Å². The summed E-state index contributed by atoms with van der Waals surface area (Å²) in [5.74, 6) is 1.00. The van der Waals surface area contributed by atoms with Gasteiger partial charge in [-0.05, 0) is 20.3 Å². The molecule has 1 aromatic rings. The van der Waals surface area contributed by atoms with Gasteiger partial charge in [0.15, 0.2) is 0 Å². The molecule has 6 heteroatoms. The van der Waals surface area contributed by atoms with Crippen molar-refractivity contribution in [1.82, 2.24) is 14.8 Å². The number of likely N-dealkylation sites (tertiary alicyclic amines) is 1. The third kappa shape index (κ3) is 2.82. The smallest absolute Gasteiger partial charge is 0.309 e. The van der Waals surface area contributed by atoms with Gasteiger partial charge >= 0.3 is 5.91 Å². The highest BCUT2D eigenvalue weighted by atomic mass is 16.5. The van der Waals surface area contributed by atoms with Gasteiger partial charge in [-0.2, -0.15) is 0 Å². The van der Waals surface area contributed by atoms with E-state index in [0.29, 0.717) is 19.1 Å². The van der Waals surface area contributed by atoms with Crippen LogP contribution in [-0.2, 0) is 17.7 Å². The lowest BCUT2D eigenvalue weighted by molar-refractivity contribution is 0.0686. The van der Waals surface area contributed by atoms with E-state index in [2.05, 4.69) is 23.7 Å². The van der Waals surface area contributed by atoms with Crippen LogP contribution in [0.5, 0.6) is 0 Å². The summed E-state index contributed by atoms with van der Waals surface area (Å²) in [5, 5.41) is 0. The summed E-state index contributed by atoms with van der Waals surface area (Å²) < 4.78 is 11.0. The van der Waals surface area contributed by atoms with Crippen molar-refractivity contribution in [1.29, 1.82) is 0 Å². The normalized spacial score (nSPS) is 22.9. The Hall–Kier alpha value is -1.40. The second kappa shape index (κ2) is 5.77. The summed E-state index contributed by atoms with van der Waals surface area (Å²) in [5.41, 5.74) is 0.917. The highest BCUT2D eigenvalue weighted by Gasteiger charge is 2.31. The first kappa shape index (κ1) is 14.5. The predicted molar refractivity (Wildman–Crippen MR) is 77.1 cm³/mol. The number of hydrogen-bond donors (Lipinski definition) is 0. The Morgan fingerprint density at radius 2 is 2.24 bits per heavy atom. The lowest BCUT2D eigenvalue weighted by Gasteiger charge is -2.28. The Bertz CT molecular complexity index is 526. The van der Waals surface area contributed by atoms with Gasteiger partial charge < -0.3 is 14.1 Å². The molecule has 2 aliphatic rings. The summed E-state index contributed by atoms with van der Waals surface area (Å²) in [6, 6.07) is 0.482. The first-order chi connectivity index (χ1) is 10.1. The molecule has 1 amide bonds. The summed E-state index contributed by atoms with van der Waals surface area (Å²) in [6.45, 7) is 7.41. The molecule has 0 unspecified atom stereocenters. The molecule has 0 aliphatic carbocycles. The largest absolute Gasteiger partial charge is 0.437 e. The molecule has 3 rings (SSSR count). The Morgan fingerprint density at radius 1 is 1.43 bits per heavy atom. The van der Waals surface area contributed by atoms with Gasteiger partial charge in [-0.1, -0.05) is 0 Å². The number of fused-ring (bicyclic) bond motifs is 1. The molecule has 1 fully saturated rings. The van der Waals surface area contributed by atoms with Crippen molar-refractivity contribution >= 4 is 5.91 Å². The molecule has 2 aliphatic heterocycles. The lowest BCUT2D eigenvalue weighted by Crippen LogP contribution is -2.35. The minimum Gasteiger partial charge on any atom is -0.437 e. The first-order valence-electron chi connectivity index (χ1n) is 7.63. The maximum Gasteiger partial charge on any atom is 0.309 e. The molecular weight excluding hydrogens is 270 g/mol. The van der Waals surface area contributed by atoms with Gasteiger partial charge in [-0.15, -0.1) is 0 Å². The number of hydrogen-bond acceptors (Lipinski definition) is 5. The van der Waals surface area contributed by atoms with E-state index < -0.39 is 0 Å². The van der Waals surface area contributed by atoms with Crippen LogP contribution in [0.4, 0.5) is 0 Å². The average Bonchev–Trinajstić information content (AvgIpc) is 3.11. The van der Waals surface area contributed by atoms with Crippen molar-refractivity contribution in [3.63, 3.8) is 0 Å². The van der Waals surface area contributed by atoms with E-state index in [0.717, 1.165) is 37.4 Å². The van der Waals surface area contributed by atoms with Crippen LogP contribution in [0, 0.1) is 0 Å². The molecule has 0 saturated carbocycles. The summed E-state index contributed by atoms with van der Waals surface area (Å²) >= 11 is 0. The number of ether oxygens (including phenoxy) is 1. The topological polar surface area (TPSA) is 58.8 Å². The Labute approximate surface area is 125 Å². The molecule has 0 spiro atoms. The van der Waals surface area contributed by atoms with Crippen LogP contribution in [0.25, 0.3) is 0 Å². The predicted octanol–water partition coefficient (Wildman–Crippen LogP) is 1.30. The Kier molecular flexibility index (Phi) is 3.99. The zero-order valence-electron chi connectivity index (χ0n) is 13.0. The maximum atomic E-state index is 12.4. The minimum atomic E-state index is -0.111. The molecule has 0 N–H and O–H groups in total. The van der Waals surface area contributed by atoms with Crippen LogP contribution >= 0.6 is 0 Å². The number of carbonyl (C=O) groups is 1. The fraction of sp³-hybridized carbons (Fsp3) is 0.733. The van der Waals surface area contributed by atoms with Crippen molar-refractivity contribution in [3.05, 3.63) is 17.3 Å². The van der Waals surface area contributed by atoms with E-state index >= 15 is 0 Å². The highest BCUT2D eigenvalue weighted by Crippen LogP contribution is 2.23. The zero-order chi connectivity index (χ0) is 15.0. The van der Waals surface area contributed by atoms with Gasteiger partial charge in [0, 0.05) is 45.8 Å². The van der Waals surface area contributed by atoms with Crippen molar-refractivity contribution in [2.45, 2.75) is 45.4 Å².